The van der Waals surface area contributed by atoms with Crippen molar-refractivity contribution >= 4 is 5.91 Å². The van der Waals surface area contributed by atoms with E-state index in [0.717, 1.165) is 23.3 Å². The van der Waals surface area contributed by atoms with E-state index >= 15 is 0 Å². The predicted molar refractivity (Wildman–Crippen MR) is 79.8 cm³/mol. The fourth-order valence-corrected chi connectivity index (χ4v) is 1.95. The second kappa shape index (κ2) is 7.90. The van der Waals surface area contributed by atoms with Gasteiger partial charge in [0.05, 0.1) is 19.3 Å². The minimum atomic E-state index is -0.365. The number of nitrogens with one attached hydrogen (secondary N) is 1. The van der Waals surface area contributed by atoms with Gasteiger partial charge in [0.25, 0.3) is 0 Å². The number of carbonyl (C=O) groups excluding carboxylic acids is 1. The lowest BCUT2D eigenvalue weighted by Gasteiger charge is -2.19. The van der Waals surface area contributed by atoms with Crippen molar-refractivity contribution in [1.29, 1.82) is 0 Å². The normalized spacial score (nSPS) is 13.7. The van der Waals surface area contributed by atoms with Crippen molar-refractivity contribution in [3.8, 4) is 5.75 Å². The van der Waals surface area contributed by atoms with Gasteiger partial charge in [0.15, 0.2) is 0 Å². The van der Waals surface area contributed by atoms with E-state index in [1.165, 1.54) is 6.92 Å². The molecule has 1 aromatic carbocycles. The number of aliphatic hydroxyl groups is 1. The van der Waals surface area contributed by atoms with Crippen LogP contribution in [0.4, 0.5) is 0 Å². The van der Waals surface area contributed by atoms with Crippen LogP contribution in [-0.2, 0) is 4.79 Å². The summed E-state index contributed by atoms with van der Waals surface area (Å²) in [7, 11) is 0. The lowest BCUT2D eigenvalue weighted by Crippen LogP contribution is -2.29. The average molecular weight is 279 g/mol. The van der Waals surface area contributed by atoms with Crippen molar-refractivity contribution < 1.29 is 14.6 Å². The summed E-state index contributed by atoms with van der Waals surface area (Å²) in [6.07, 6.45) is 1.09. The molecule has 0 bridgehead atoms. The fourth-order valence-electron chi connectivity index (χ4n) is 1.95. The number of carbonyl (C=O) groups is 1. The van der Waals surface area contributed by atoms with E-state index in [0.29, 0.717) is 12.5 Å². The summed E-state index contributed by atoms with van der Waals surface area (Å²) in [4.78, 5) is 11.1. The Morgan fingerprint density at radius 3 is 2.65 bits per heavy atom. The Bertz CT molecular complexity index is 445. The number of ether oxygens (including phenoxy) is 1. The van der Waals surface area contributed by atoms with Crippen molar-refractivity contribution in [1.82, 2.24) is 5.32 Å². The molecule has 112 valence electrons. The van der Waals surface area contributed by atoms with Crippen LogP contribution in [0, 0.1) is 12.8 Å². The molecule has 0 fully saturated rings. The maximum absolute atomic E-state index is 11.1. The summed E-state index contributed by atoms with van der Waals surface area (Å²) in [6, 6.07) is 5.37. The highest BCUT2D eigenvalue weighted by atomic mass is 16.5. The number of amides is 1. The van der Waals surface area contributed by atoms with Crippen LogP contribution in [0.1, 0.15) is 44.4 Å². The third-order valence-electron chi connectivity index (χ3n) is 3.41. The molecule has 2 N–H and O–H groups in total. The molecule has 0 saturated heterocycles. The van der Waals surface area contributed by atoms with Crippen LogP contribution in [0.15, 0.2) is 18.2 Å². The predicted octanol–water partition coefficient (Wildman–Crippen LogP) is 2.59. The van der Waals surface area contributed by atoms with Gasteiger partial charge in [-0.1, -0.05) is 26.3 Å². The van der Waals surface area contributed by atoms with Gasteiger partial charge in [0, 0.05) is 6.92 Å². The summed E-state index contributed by atoms with van der Waals surface area (Å²) in [5.41, 5.74) is 1.91. The molecule has 1 amide bonds. The van der Waals surface area contributed by atoms with E-state index in [9.17, 15) is 9.90 Å². The Morgan fingerprint density at radius 1 is 1.45 bits per heavy atom. The lowest BCUT2D eigenvalue weighted by atomic mass is 10.0. The molecule has 0 unspecified atom stereocenters. The minimum absolute atomic E-state index is 0.118. The fraction of sp³-hybridized carbons (Fsp3) is 0.562. The van der Waals surface area contributed by atoms with Gasteiger partial charge in [-0.15, -0.1) is 0 Å². The standard InChI is InChI=1S/C16H25NO3/c1-5-11(2)10-20-14-6-7-15(12(3)8-14)16(9-18)17-13(4)19/h6-8,11,16,18H,5,9-10H2,1-4H3,(H,17,19)/t11-,16-/m0/s1. The smallest absolute Gasteiger partial charge is 0.217 e. The van der Waals surface area contributed by atoms with Gasteiger partial charge in [-0.2, -0.15) is 0 Å². The van der Waals surface area contributed by atoms with Crippen molar-refractivity contribution in [3.05, 3.63) is 29.3 Å². The van der Waals surface area contributed by atoms with Crippen molar-refractivity contribution in [2.24, 2.45) is 5.92 Å². The average Bonchev–Trinajstić information content (AvgIpc) is 2.42. The maximum atomic E-state index is 11.1. The monoisotopic (exact) mass is 279 g/mol. The largest absolute Gasteiger partial charge is 0.493 e. The highest BCUT2D eigenvalue weighted by Gasteiger charge is 2.14. The Balaban J connectivity index is 2.78. The Kier molecular flexibility index (Phi) is 6.52. The van der Waals surface area contributed by atoms with Crippen LogP contribution in [0.5, 0.6) is 5.75 Å². The zero-order valence-corrected chi connectivity index (χ0v) is 12.8. The SMILES string of the molecule is CC[C@H](C)COc1ccc([C@H](CO)NC(C)=O)c(C)c1. The zero-order chi connectivity index (χ0) is 15.1. The van der Waals surface area contributed by atoms with Crippen molar-refractivity contribution in [2.75, 3.05) is 13.2 Å². The molecule has 0 aromatic heterocycles. The molecule has 4 nitrogen and oxygen atoms in total. The number of hydrogen-bond donors (Lipinski definition) is 2. The molecule has 1 rings (SSSR count). The second-order valence-electron chi connectivity index (χ2n) is 5.28. The topological polar surface area (TPSA) is 58.6 Å². The van der Waals surface area contributed by atoms with E-state index in [2.05, 4.69) is 19.2 Å². The molecule has 2 atom stereocenters. The first-order valence-corrected chi connectivity index (χ1v) is 7.09. The number of hydrogen-bond acceptors (Lipinski definition) is 3. The zero-order valence-electron chi connectivity index (χ0n) is 12.8. The van der Waals surface area contributed by atoms with Gasteiger partial charge in [-0.25, -0.2) is 0 Å². The summed E-state index contributed by atoms with van der Waals surface area (Å²) < 4.78 is 5.74. The van der Waals surface area contributed by atoms with Crippen LogP contribution in [0.2, 0.25) is 0 Å². The van der Waals surface area contributed by atoms with E-state index in [1.807, 2.05) is 25.1 Å². The molecule has 0 heterocycles. The Hall–Kier alpha value is -1.55. The maximum Gasteiger partial charge on any atom is 0.217 e. The molecule has 0 radical (unpaired) electrons. The van der Waals surface area contributed by atoms with Gasteiger partial charge in [0.2, 0.25) is 5.91 Å². The highest BCUT2D eigenvalue weighted by Crippen LogP contribution is 2.23. The minimum Gasteiger partial charge on any atom is -0.493 e. The van der Waals surface area contributed by atoms with Gasteiger partial charge >= 0.3 is 0 Å². The van der Waals surface area contributed by atoms with Gasteiger partial charge in [-0.05, 0) is 36.1 Å². The quantitative estimate of drug-likeness (QED) is 0.806. The first-order valence-electron chi connectivity index (χ1n) is 7.09. The summed E-state index contributed by atoms with van der Waals surface area (Å²) in [5, 5.41) is 12.1. The van der Waals surface area contributed by atoms with Crippen molar-refractivity contribution in [2.45, 2.75) is 40.2 Å². The summed E-state index contributed by atoms with van der Waals surface area (Å²) in [5.74, 6) is 1.20. The summed E-state index contributed by atoms with van der Waals surface area (Å²) in [6.45, 7) is 8.27. The molecule has 20 heavy (non-hydrogen) atoms. The number of aliphatic hydroxyl groups excluding tert-OH is 1. The molecule has 0 aliphatic carbocycles. The van der Waals surface area contributed by atoms with Crippen LogP contribution >= 0.6 is 0 Å². The van der Waals surface area contributed by atoms with E-state index < -0.39 is 0 Å². The van der Waals surface area contributed by atoms with Crippen LogP contribution in [0.3, 0.4) is 0 Å². The molecule has 0 aliphatic rings. The van der Waals surface area contributed by atoms with Gasteiger partial charge in [0.1, 0.15) is 5.75 Å². The Morgan fingerprint density at radius 2 is 2.15 bits per heavy atom. The van der Waals surface area contributed by atoms with Crippen molar-refractivity contribution in [3.63, 3.8) is 0 Å². The lowest BCUT2D eigenvalue weighted by molar-refractivity contribution is -0.120. The third-order valence-corrected chi connectivity index (χ3v) is 3.41. The molecule has 0 aliphatic heterocycles. The Labute approximate surface area is 121 Å². The molecular weight excluding hydrogens is 254 g/mol. The molecule has 0 spiro atoms. The van der Waals surface area contributed by atoms with E-state index in [1.54, 1.807) is 0 Å². The highest BCUT2D eigenvalue weighted by molar-refractivity contribution is 5.73. The summed E-state index contributed by atoms with van der Waals surface area (Å²) >= 11 is 0. The van der Waals surface area contributed by atoms with Crippen LogP contribution in [-0.4, -0.2) is 24.2 Å². The van der Waals surface area contributed by atoms with Gasteiger partial charge < -0.3 is 15.2 Å². The first kappa shape index (κ1) is 16.5. The van der Waals surface area contributed by atoms with E-state index in [-0.39, 0.29) is 18.6 Å². The molecular formula is C16H25NO3. The van der Waals surface area contributed by atoms with E-state index in [4.69, 9.17) is 4.74 Å². The number of benzene rings is 1. The molecule has 4 heteroatoms. The molecule has 0 saturated carbocycles. The number of aryl methyl sites for hydroxylation is 1. The van der Waals surface area contributed by atoms with Crippen LogP contribution in [0.25, 0.3) is 0 Å². The third kappa shape index (κ3) is 4.85. The van der Waals surface area contributed by atoms with Gasteiger partial charge in [-0.3, -0.25) is 4.79 Å². The number of rotatable bonds is 7. The first-order chi connectivity index (χ1) is 9.47. The molecule has 1 aromatic rings. The van der Waals surface area contributed by atoms with Crippen LogP contribution < -0.4 is 10.1 Å². The second-order valence-corrected chi connectivity index (χ2v) is 5.28.